The number of aromatic nitrogens is 2. The molecule has 2 rings (SSSR count). The predicted molar refractivity (Wildman–Crippen MR) is 83.8 cm³/mol. The zero-order valence-electron chi connectivity index (χ0n) is 13.2. The first-order valence-corrected chi connectivity index (χ1v) is 7.94. The van der Waals surface area contributed by atoms with Crippen molar-refractivity contribution in [2.24, 2.45) is 5.41 Å². The summed E-state index contributed by atoms with van der Waals surface area (Å²) >= 11 is 5.97. The van der Waals surface area contributed by atoms with Gasteiger partial charge in [-0.25, -0.2) is 0 Å². The van der Waals surface area contributed by atoms with Crippen molar-refractivity contribution in [2.75, 3.05) is 33.4 Å². The Kier molecular flexibility index (Phi) is 5.83. The van der Waals surface area contributed by atoms with E-state index < -0.39 is 0 Å². The van der Waals surface area contributed by atoms with Crippen LogP contribution in [0.2, 0.25) is 5.02 Å². The number of carbonyl (C=O) groups is 1. The average Bonchev–Trinajstić information content (AvgIpc) is 2.83. The molecule has 1 aliphatic rings. The van der Waals surface area contributed by atoms with E-state index in [0.29, 0.717) is 18.2 Å². The molecule has 1 aromatic heterocycles. The van der Waals surface area contributed by atoms with Gasteiger partial charge in [-0.1, -0.05) is 11.6 Å². The van der Waals surface area contributed by atoms with E-state index in [2.05, 4.69) is 5.10 Å². The third-order valence-electron chi connectivity index (χ3n) is 4.37. The van der Waals surface area contributed by atoms with E-state index >= 15 is 0 Å². The number of amides is 1. The zero-order valence-corrected chi connectivity index (χ0v) is 14.0. The van der Waals surface area contributed by atoms with Crippen LogP contribution in [0.1, 0.15) is 25.0 Å². The highest BCUT2D eigenvalue weighted by Gasteiger charge is 2.36. The van der Waals surface area contributed by atoms with Gasteiger partial charge in [0.05, 0.1) is 17.3 Å². The minimum atomic E-state index is -0.248. The molecule has 1 aromatic rings. The Morgan fingerprint density at radius 3 is 2.95 bits per heavy atom. The van der Waals surface area contributed by atoms with Crippen LogP contribution in [0.5, 0.6) is 0 Å². The van der Waals surface area contributed by atoms with Gasteiger partial charge in [0.25, 0.3) is 0 Å². The first-order chi connectivity index (χ1) is 10.5. The molecule has 0 spiro atoms. The van der Waals surface area contributed by atoms with Crippen LogP contribution < -0.4 is 0 Å². The maximum atomic E-state index is 12.5. The smallest absolute Gasteiger partial charge is 0.244 e. The molecule has 6 nitrogen and oxygen atoms in total. The lowest BCUT2D eigenvalue weighted by atomic mass is 9.78. The van der Waals surface area contributed by atoms with Crippen molar-refractivity contribution in [1.82, 2.24) is 14.7 Å². The van der Waals surface area contributed by atoms with Crippen molar-refractivity contribution < 1.29 is 14.6 Å². The molecule has 0 aliphatic carbocycles. The molecular formula is C15H24ClN3O3. The van der Waals surface area contributed by atoms with Gasteiger partial charge in [-0.15, -0.1) is 0 Å². The highest BCUT2D eigenvalue weighted by Crippen LogP contribution is 2.33. The molecule has 22 heavy (non-hydrogen) atoms. The largest absolute Gasteiger partial charge is 0.396 e. The second-order valence-corrected chi connectivity index (χ2v) is 6.49. The average molecular weight is 330 g/mol. The van der Waals surface area contributed by atoms with Crippen LogP contribution in [0.3, 0.4) is 0 Å². The van der Waals surface area contributed by atoms with Crippen LogP contribution in [-0.2, 0) is 16.1 Å². The molecule has 1 atom stereocenters. The summed E-state index contributed by atoms with van der Waals surface area (Å²) in [7, 11) is 1.65. The van der Waals surface area contributed by atoms with Crippen molar-refractivity contribution in [1.29, 1.82) is 0 Å². The number of ether oxygens (including phenoxy) is 1. The van der Waals surface area contributed by atoms with E-state index in [1.54, 1.807) is 18.0 Å². The maximum Gasteiger partial charge on any atom is 0.244 e. The molecule has 0 unspecified atom stereocenters. The molecule has 0 bridgehead atoms. The second kappa shape index (κ2) is 7.44. The van der Waals surface area contributed by atoms with Gasteiger partial charge in [-0.3, -0.25) is 9.48 Å². The van der Waals surface area contributed by atoms with Crippen LogP contribution >= 0.6 is 11.6 Å². The number of nitrogens with zero attached hydrogens (tertiary/aromatic N) is 3. The van der Waals surface area contributed by atoms with Crippen LogP contribution in [0.25, 0.3) is 0 Å². The molecule has 1 N–H and O–H groups in total. The van der Waals surface area contributed by atoms with E-state index in [1.165, 1.54) is 0 Å². The minimum absolute atomic E-state index is 0.00843. The number of piperidine rings is 1. The molecule has 1 amide bonds. The van der Waals surface area contributed by atoms with Crippen molar-refractivity contribution in [3.63, 3.8) is 0 Å². The van der Waals surface area contributed by atoms with E-state index in [-0.39, 0.29) is 24.5 Å². The van der Waals surface area contributed by atoms with Crippen LogP contribution in [-0.4, -0.2) is 59.1 Å². The summed E-state index contributed by atoms with van der Waals surface area (Å²) in [6, 6.07) is 0. The number of rotatable bonds is 6. The molecule has 7 heteroatoms. The van der Waals surface area contributed by atoms with Gasteiger partial charge in [-0.05, 0) is 26.2 Å². The third-order valence-corrected chi connectivity index (χ3v) is 4.74. The quantitative estimate of drug-likeness (QED) is 0.858. The van der Waals surface area contributed by atoms with E-state index in [4.69, 9.17) is 16.3 Å². The van der Waals surface area contributed by atoms with E-state index in [9.17, 15) is 9.90 Å². The Bertz CT molecular complexity index is 501. The Morgan fingerprint density at radius 1 is 1.59 bits per heavy atom. The normalized spacial score (nSPS) is 22.1. The fourth-order valence-electron chi connectivity index (χ4n) is 2.96. The van der Waals surface area contributed by atoms with E-state index in [0.717, 1.165) is 31.5 Å². The Morgan fingerprint density at radius 2 is 2.36 bits per heavy atom. The van der Waals surface area contributed by atoms with Crippen molar-refractivity contribution in [3.05, 3.63) is 16.9 Å². The summed E-state index contributed by atoms with van der Waals surface area (Å²) in [6.07, 6.45) is 4.25. The number of aliphatic hydroxyl groups excluding tert-OH is 1. The summed E-state index contributed by atoms with van der Waals surface area (Å²) in [5, 5.41) is 14.6. The molecule has 124 valence electrons. The maximum absolute atomic E-state index is 12.5. The summed E-state index contributed by atoms with van der Waals surface area (Å²) < 4.78 is 6.71. The fraction of sp³-hybridized carbons (Fsp3) is 0.733. The molecule has 1 fully saturated rings. The number of aryl methyl sites for hydroxylation is 1. The van der Waals surface area contributed by atoms with Gasteiger partial charge in [0.2, 0.25) is 5.91 Å². The molecule has 0 aromatic carbocycles. The van der Waals surface area contributed by atoms with Gasteiger partial charge in [0.1, 0.15) is 6.54 Å². The molecule has 1 saturated heterocycles. The number of aliphatic hydroxyl groups is 1. The Balaban J connectivity index is 1.99. The number of hydrogen-bond donors (Lipinski definition) is 1. The zero-order chi connectivity index (χ0) is 16.2. The summed E-state index contributed by atoms with van der Waals surface area (Å²) in [5.41, 5.74) is 0.472. The number of hydrogen-bond acceptors (Lipinski definition) is 4. The van der Waals surface area contributed by atoms with E-state index in [1.807, 2.05) is 11.8 Å². The first kappa shape index (κ1) is 17.2. The molecule has 0 radical (unpaired) electrons. The van der Waals surface area contributed by atoms with Gasteiger partial charge in [0.15, 0.2) is 0 Å². The summed E-state index contributed by atoms with van der Waals surface area (Å²) in [6.45, 7) is 3.95. The lowest BCUT2D eigenvalue weighted by Crippen LogP contribution is -2.49. The molecular weight excluding hydrogens is 306 g/mol. The summed E-state index contributed by atoms with van der Waals surface area (Å²) in [4.78, 5) is 14.3. The highest BCUT2D eigenvalue weighted by molar-refractivity contribution is 6.31. The van der Waals surface area contributed by atoms with Gasteiger partial charge < -0.3 is 14.7 Å². The van der Waals surface area contributed by atoms with Crippen LogP contribution in [0.4, 0.5) is 0 Å². The second-order valence-electron chi connectivity index (χ2n) is 6.08. The molecule has 2 heterocycles. The number of carbonyl (C=O) groups excluding carboxylic acids is 1. The Hall–Kier alpha value is -1.11. The van der Waals surface area contributed by atoms with Gasteiger partial charge in [0, 0.05) is 38.4 Å². The predicted octanol–water partition coefficient (Wildman–Crippen LogP) is 1.48. The lowest BCUT2D eigenvalue weighted by Gasteiger charge is -2.41. The monoisotopic (exact) mass is 329 g/mol. The summed E-state index contributed by atoms with van der Waals surface area (Å²) in [5.74, 6) is 0.00843. The molecule has 1 aliphatic heterocycles. The number of likely N-dealkylation sites (tertiary alicyclic amines) is 1. The third kappa shape index (κ3) is 4.00. The standard InChI is InChI=1S/C15H24ClN3O3/c1-12-13(16)8-19(17-12)9-14(21)18-6-3-4-15(10-18,11-20)5-7-22-2/h8,20H,3-7,9-11H2,1-2H3/t15-/m1/s1. The van der Waals surface area contributed by atoms with Gasteiger partial charge >= 0.3 is 0 Å². The molecule has 0 saturated carbocycles. The number of methoxy groups -OCH3 is 1. The fourth-order valence-corrected chi connectivity index (χ4v) is 3.12. The first-order valence-electron chi connectivity index (χ1n) is 7.57. The SMILES string of the molecule is COCC[C@]1(CO)CCCN(C(=O)Cn2cc(Cl)c(C)n2)C1. The lowest BCUT2D eigenvalue weighted by molar-refractivity contribution is -0.136. The van der Waals surface area contributed by atoms with Crippen molar-refractivity contribution >= 4 is 17.5 Å². The topological polar surface area (TPSA) is 67.6 Å². The van der Waals surface area contributed by atoms with Crippen LogP contribution in [0.15, 0.2) is 6.20 Å². The minimum Gasteiger partial charge on any atom is -0.396 e. The van der Waals surface area contributed by atoms with Gasteiger partial charge in [-0.2, -0.15) is 5.10 Å². The Labute approximate surface area is 136 Å². The van der Waals surface area contributed by atoms with Crippen molar-refractivity contribution in [2.45, 2.75) is 32.7 Å². The number of halogens is 1. The highest BCUT2D eigenvalue weighted by atomic mass is 35.5. The van der Waals surface area contributed by atoms with Crippen LogP contribution in [0, 0.1) is 12.3 Å². The van der Waals surface area contributed by atoms with Crippen molar-refractivity contribution in [3.8, 4) is 0 Å².